The van der Waals surface area contributed by atoms with Crippen molar-refractivity contribution in [3.63, 3.8) is 0 Å². The van der Waals surface area contributed by atoms with Crippen molar-refractivity contribution in [2.45, 2.75) is 32.3 Å². The summed E-state index contributed by atoms with van der Waals surface area (Å²) in [5, 5.41) is 8.81. The van der Waals surface area contributed by atoms with E-state index in [0.29, 0.717) is 12.0 Å². The Kier molecular flexibility index (Phi) is 3.16. The molecule has 1 aliphatic heterocycles. The molecular formula is C8H16O2. The van der Waals surface area contributed by atoms with Gasteiger partial charge in [-0.1, -0.05) is 6.92 Å². The topological polar surface area (TPSA) is 29.5 Å². The molecule has 1 rings (SSSR count). The van der Waals surface area contributed by atoms with Gasteiger partial charge in [0.2, 0.25) is 0 Å². The molecule has 1 aliphatic rings. The monoisotopic (exact) mass is 144 g/mol. The smallest absolute Gasteiger partial charge is 0.0622 e. The van der Waals surface area contributed by atoms with Crippen molar-refractivity contribution < 1.29 is 9.84 Å². The lowest BCUT2D eigenvalue weighted by Crippen LogP contribution is -2.28. The first-order valence-corrected chi connectivity index (χ1v) is 4.07. The molecule has 0 saturated carbocycles. The largest absolute Gasteiger partial charge is 0.396 e. The molecule has 1 N–H and O–H groups in total. The number of aliphatic hydroxyl groups is 1. The van der Waals surface area contributed by atoms with E-state index in [4.69, 9.17) is 9.84 Å². The van der Waals surface area contributed by atoms with Gasteiger partial charge in [-0.05, 0) is 19.3 Å². The van der Waals surface area contributed by atoms with Crippen LogP contribution in [0.2, 0.25) is 0 Å². The fourth-order valence-electron chi connectivity index (χ4n) is 1.33. The second-order valence-corrected chi connectivity index (χ2v) is 3.06. The molecule has 1 fully saturated rings. The fraction of sp³-hybridized carbons (Fsp3) is 1.00. The SMILES string of the molecule is C[C@@H](CO)[C@H]1CCCCO1. The summed E-state index contributed by atoms with van der Waals surface area (Å²) in [5.41, 5.74) is 0. The standard InChI is InChI=1S/C8H16O2/c1-7(6-9)8-4-2-3-5-10-8/h7-9H,2-6H2,1H3/t7-,8+/m0/s1. The Labute approximate surface area is 62.2 Å². The van der Waals surface area contributed by atoms with Crippen LogP contribution in [0.5, 0.6) is 0 Å². The quantitative estimate of drug-likeness (QED) is 0.630. The van der Waals surface area contributed by atoms with Crippen molar-refractivity contribution in [1.82, 2.24) is 0 Å². The number of hydrogen-bond acceptors (Lipinski definition) is 2. The highest BCUT2D eigenvalue weighted by molar-refractivity contribution is 4.68. The molecule has 0 unspecified atom stereocenters. The van der Waals surface area contributed by atoms with Crippen LogP contribution in [0.15, 0.2) is 0 Å². The Bertz CT molecular complexity index is 87.3. The van der Waals surface area contributed by atoms with E-state index in [2.05, 4.69) is 0 Å². The second-order valence-electron chi connectivity index (χ2n) is 3.06. The van der Waals surface area contributed by atoms with E-state index in [0.717, 1.165) is 13.0 Å². The van der Waals surface area contributed by atoms with Gasteiger partial charge in [0.05, 0.1) is 6.10 Å². The van der Waals surface area contributed by atoms with E-state index >= 15 is 0 Å². The first-order valence-electron chi connectivity index (χ1n) is 4.07. The first kappa shape index (κ1) is 8.02. The summed E-state index contributed by atoms with van der Waals surface area (Å²) in [6, 6.07) is 0. The minimum absolute atomic E-state index is 0.255. The third kappa shape index (κ3) is 1.96. The molecule has 2 heteroatoms. The summed E-state index contributed by atoms with van der Waals surface area (Å²) in [6.07, 6.45) is 3.89. The molecule has 0 bridgehead atoms. The predicted molar refractivity (Wildman–Crippen MR) is 39.8 cm³/mol. The van der Waals surface area contributed by atoms with Gasteiger partial charge in [0, 0.05) is 19.1 Å². The van der Waals surface area contributed by atoms with Crippen LogP contribution in [-0.2, 0) is 4.74 Å². The molecule has 2 nitrogen and oxygen atoms in total. The minimum Gasteiger partial charge on any atom is -0.396 e. The van der Waals surface area contributed by atoms with Crippen LogP contribution >= 0.6 is 0 Å². The van der Waals surface area contributed by atoms with E-state index in [1.807, 2.05) is 6.92 Å². The summed E-state index contributed by atoms with van der Waals surface area (Å²) in [6.45, 7) is 3.18. The highest BCUT2D eigenvalue weighted by Gasteiger charge is 2.19. The van der Waals surface area contributed by atoms with Crippen LogP contribution in [-0.4, -0.2) is 24.4 Å². The lowest BCUT2D eigenvalue weighted by atomic mass is 9.98. The van der Waals surface area contributed by atoms with Gasteiger partial charge < -0.3 is 9.84 Å². The summed E-state index contributed by atoms with van der Waals surface area (Å²) in [4.78, 5) is 0. The third-order valence-electron chi connectivity index (χ3n) is 2.14. The van der Waals surface area contributed by atoms with E-state index in [-0.39, 0.29) is 6.61 Å². The van der Waals surface area contributed by atoms with Crippen molar-refractivity contribution in [2.24, 2.45) is 5.92 Å². The Hall–Kier alpha value is -0.0800. The number of hydrogen-bond donors (Lipinski definition) is 1. The molecule has 0 amide bonds. The fourth-order valence-corrected chi connectivity index (χ4v) is 1.33. The average Bonchev–Trinajstić information content (AvgIpc) is 2.05. The maximum atomic E-state index is 8.81. The van der Waals surface area contributed by atoms with Gasteiger partial charge in [0.1, 0.15) is 0 Å². The van der Waals surface area contributed by atoms with Crippen molar-refractivity contribution in [2.75, 3.05) is 13.2 Å². The first-order chi connectivity index (χ1) is 4.84. The van der Waals surface area contributed by atoms with Crippen molar-refractivity contribution >= 4 is 0 Å². The van der Waals surface area contributed by atoms with Gasteiger partial charge in [-0.3, -0.25) is 0 Å². The molecule has 1 heterocycles. The van der Waals surface area contributed by atoms with Crippen LogP contribution in [0.25, 0.3) is 0 Å². The van der Waals surface area contributed by atoms with Crippen LogP contribution in [0, 0.1) is 5.92 Å². The average molecular weight is 144 g/mol. The lowest BCUT2D eigenvalue weighted by molar-refractivity contribution is -0.0298. The number of aliphatic hydroxyl groups excluding tert-OH is 1. The number of ether oxygens (including phenoxy) is 1. The Morgan fingerprint density at radius 1 is 1.60 bits per heavy atom. The minimum atomic E-state index is 0.255. The molecule has 0 aliphatic carbocycles. The van der Waals surface area contributed by atoms with Crippen molar-refractivity contribution in [1.29, 1.82) is 0 Å². The molecule has 0 spiro atoms. The number of rotatable bonds is 2. The highest BCUT2D eigenvalue weighted by atomic mass is 16.5. The second kappa shape index (κ2) is 3.94. The predicted octanol–water partition coefficient (Wildman–Crippen LogP) is 1.18. The molecule has 60 valence electrons. The third-order valence-corrected chi connectivity index (χ3v) is 2.14. The maximum Gasteiger partial charge on any atom is 0.0622 e. The van der Waals surface area contributed by atoms with Crippen molar-refractivity contribution in [3.05, 3.63) is 0 Å². The van der Waals surface area contributed by atoms with Crippen molar-refractivity contribution in [3.8, 4) is 0 Å². The van der Waals surface area contributed by atoms with E-state index in [1.165, 1.54) is 12.8 Å². The zero-order valence-corrected chi connectivity index (χ0v) is 6.55. The molecular weight excluding hydrogens is 128 g/mol. The molecule has 0 aromatic rings. The molecule has 0 radical (unpaired) electrons. The molecule has 1 saturated heterocycles. The Morgan fingerprint density at radius 3 is 2.90 bits per heavy atom. The Morgan fingerprint density at radius 2 is 2.40 bits per heavy atom. The zero-order valence-electron chi connectivity index (χ0n) is 6.55. The van der Waals surface area contributed by atoms with E-state index in [9.17, 15) is 0 Å². The molecule has 2 atom stereocenters. The van der Waals surface area contributed by atoms with Gasteiger partial charge in [0.15, 0.2) is 0 Å². The maximum absolute atomic E-state index is 8.81. The van der Waals surface area contributed by atoms with Gasteiger partial charge in [-0.15, -0.1) is 0 Å². The summed E-state index contributed by atoms with van der Waals surface area (Å²) < 4.78 is 5.47. The van der Waals surface area contributed by atoms with E-state index < -0.39 is 0 Å². The van der Waals surface area contributed by atoms with Gasteiger partial charge in [-0.2, -0.15) is 0 Å². The molecule has 0 aromatic carbocycles. The molecule has 0 aromatic heterocycles. The van der Waals surface area contributed by atoms with Gasteiger partial charge in [-0.25, -0.2) is 0 Å². The van der Waals surface area contributed by atoms with Gasteiger partial charge in [0.25, 0.3) is 0 Å². The summed E-state index contributed by atoms with van der Waals surface area (Å²) in [7, 11) is 0. The van der Waals surface area contributed by atoms with Crippen LogP contribution in [0.3, 0.4) is 0 Å². The van der Waals surface area contributed by atoms with Crippen LogP contribution in [0.4, 0.5) is 0 Å². The van der Waals surface area contributed by atoms with E-state index in [1.54, 1.807) is 0 Å². The zero-order chi connectivity index (χ0) is 7.40. The molecule has 10 heavy (non-hydrogen) atoms. The Balaban J connectivity index is 2.24. The summed E-state index contributed by atoms with van der Waals surface area (Å²) in [5.74, 6) is 0.320. The van der Waals surface area contributed by atoms with Gasteiger partial charge >= 0.3 is 0 Å². The summed E-state index contributed by atoms with van der Waals surface area (Å²) >= 11 is 0. The highest BCUT2D eigenvalue weighted by Crippen LogP contribution is 2.19. The lowest BCUT2D eigenvalue weighted by Gasteiger charge is -2.26. The van der Waals surface area contributed by atoms with Crippen LogP contribution < -0.4 is 0 Å². The normalized spacial score (nSPS) is 30.0. The van der Waals surface area contributed by atoms with Crippen LogP contribution in [0.1, 0.15) is 26.2 Å².